The lowest BCUT2D eigenvalue weighted by Crippen LogP contribution is -2.16. The van der Waals surface area contributed by atoms with Crippen LogP contribution in [0.25, 0.3) is 0 Å². The molecule has 1 aromatic heterocycles. The number of nitrogens with zero attached hydrogens (tertiary/aromatic N) is 2. The highest BCUT2D eigenvalue weighted by Gasteiger charge is 2.14. The largest absolute Gasteiger partial charge is 0.438 e. The SMILES string of the molecule is Cc1ccnc(Oc2ccc(Br)c(F)c2)c1/C(N)=N/O. The Morgan fingerprint density at radius 2 is 2.20 bits per heavy atom. The molecule has 1 heterocycles. The molecule has 0 atom stereocenters. The molecule has 0 saturated heterocycles. The summed E-state index contributed by atoms with van der Waals surface area (Å²) in [7, 11) is 0. The first-order valence-corrected chi connectivity index (χ1v) is 6.38. The highest BCUT2D eigenvalue weighted by Crippen LogP contribution is 2.27. The van der Waals surface area contributed by atoms with Gasteiger partial charge in [-0.3, -0.25) is 0 Å². The second-order valence-corrected chi connectivity index (χ2v) is 4.83. The average Bonchev–Trinajstić information content (AvgIpc) is 2.42. The van der Waals surface area contributed by atoms with Gasteiger partial charge in [-0.15, -0.1) is 0 Å². The zero-order valence-corrected chi connectivity index (χ0v) is 12.1. The molecule has 104 valence electrons. The van der Waals surface area contributed by atoms with Gasteiger partial charge in [0.25, 0.3) is 0 Å². The Balaban J connectivity index is 2.43. The van der Waals surface area contributed by atoms with Crippen LogP contribution >= 0.6 is 15.9 Å². The van der Waals surface area contributed by atoms with Gasteiger partial charge in [-0.25, -0.2) is 9.37 Å². The van der Waals surface area contributed by atoms with E-state index in [9.17, 15) is 4.39 Å². The summed E-state index contributed by atoms with van der Waals surface area (Å²) in [6.07, 6.45) is 1.52. The van der Waals surface area contributed by atoms with Crippen molar-refractivity contribution in [2.24, 2.45) is 10.9 Å². The number of nitrogens with two attached hydrogens (primary N) is 1. The number of amidine groups is 1. The number of aryl methyl sites for hydroxylation is 1. The van der Waals surface area contributed by atoms with Crippen LogP contribution in [-0.2, 0) is 0 Å². The van der Waals surface area contributed by atoms with Crippen LogP contribution < -0.4 is 10.5 Å². The molecule has 2 rings (SSSR count). The van der Waals surface area contributed by atoms with Gasteiger partial charge >= 0.3 is 0 Å². The second kappa shape index (κ2) is 5.87. The molecule has 0 spiro atoms. The number of oxime groups is 1. The number of aromatic nitrogens is 1. The van der Waals surface area contributed by atoms with E-state index in [0.717, 1.165) is 5.56 Å². The van der Waals surface area contributed by atoms with Crippen molar-refractivity contribution in [2.75, 3.05) is 0 Å². The maximum Gasteiger partial charge on any atom is 0.230 e. The first kappa shape index (κ1) is 14.3. The molecule has 0 unspecified atom stereocenters. The van der Waals surface area contributed by atoms with Crippen LogP contribution in [0.5, 0.6) is 11.6 Å². The van der Waals surface area contributed by atoms with Gasteiger partial charge in [0.1, 0.15) is 11.6 Å². The van der Waals surface area contributed by atoms with E-state index in [1.165, 1.54) is 18.3 Å². The maximum absolute atomic E-state index is 13.5. The number of ether oxygens (including phenoxy) is 1. The molecule has 7 heteroatoms. The van der Waals surface area contributed by atoms with Gasteiger partial charge in [0.2, 0.25) is 5.88 Å². The predicted octanol–water partition coefficient (Wildman–Crippen LogP) is 3.18. The number of halogens is 2. The summed E-state index contributed by atoms with van der Waals surface area (Å²) in [4.78, 5) is 4.03. The molecule has 0 fully saturated rings. The number of hydrogen-bond acceptors (Lipinski definition) is 4. The summed E-state index contributed by atoms with van der Waals surface area (Å²) in [5.74, 6) is -0.179. The van der Waals surface area contributed by atoms with E-state index in [-0.39, 0.29) is 17.5 Å². The lowest BCUT2D eigenvalue weighted by atomic mass is 10.1. The molecule has 0 aliphatic heterocycles. The van der Waals surface area contributed by atoms with Gasteiger partial charge in [0, 0.05) is 12.3 Å². The molecule has 3 N–H and O–H groups in total. The monoisotopic (exact) mass is 339 g/mol. The van der Waals surface area contributed by atoms with Crippen LogP contribution in [0.15, 0.2) is 40.1 Å². The second-order valence-electron chi connectivity index (χ2n) is 3.97. The Morgan fingerprint density at radius 1 is 1.45 bits per heavy atom. The molecule has 20 heavy (non-hydrogen) atoms. The average molecular weight is 340 g/mol. The Labute approximate surface area is 123 Å². The molecular formula is C13H11BrFN3O2. The zero-order chi connectivity index (χ0) is 14.7. The highest BCUT2D eigenvalue weighted by molar-refractivity contribution is 9.10. The minimum absolute atomic E-state index is 0.122. The van der Waals surface area contributed by atoms with Gasteiger partial charge in [-0.05, 0) is 46.6 Å². The van der Waals surface area contributed by atoms with Gasteiger partial charge in [0.15, 0.2) is 5.84 Å². The van der Waals surface area contributed by atoms with E-state index < -0.39 is 5.82 Å². The van der Waals surface area contributed by atoms with Crippen LogP contribution in [0.2, 0.25) is 0 Å². The van der Waals surface area contributed by atoms with Crippen LogP contribution in [0.1, 0.15) is 11.1 Å². The van der Waals surface area contributed by atoms with Crippen molar-refractivity contribution >= 4 is 21.8 Å². The zero-order valence-electron chi connectivity index (χ0n) is 10.5. The fourth-order valence-corrected chi connectivity index (χ4v) is 1.87. The van der Waals surface area contributed by atoms with Crippen LogP contribution in [0.3, 0.4) is 0 Å². The third-order valence-corrected chi connectivity index (χ3v) is 3.24. The molecule has 1 aromatic carbocycles. The Hall–Kier alpha value is -2.15. The van der Waals surface area contributed by atoms with E-state index in [2.05, 4.69) is 26.1 Å². The van der Waals surface area contributed by atoms with Gasteiger partial charge < -0.3 is 15.7 Å². The van der Waals surface area contributed by atoms with E-state index in [0.29, 0.717) is 10.0 Å². The fourth-order valence-electron chi connectivity index (χ4n) is 1.62. The first-order chi connectivity index (χ1) is 9.52. The Morgan fingerprint density at radius 3 is 2.85 bits per heavy atom. The number of rotatable bonds is 3. The lowest BCUT2D eigenvalue weighted by molar-refractivity contribution is 0.318. The quantitative estimate of drug-likeness (QED) is 0.389. The lowest BCUT2D eigenvalue weighted by Gasteiger charge is -2.11. The van der Waals surface area contributed by atoms with Crippen molar-refractivity contribution in [1.82, 2.24) is 4.98 Å². The summed E-state index contributed by atoms with van der Waals surface area (Å²) < 4.78 is 19.3. The smallest absolute Gasteiger partial charge is 0.230 e. The third kappa shape index (κ3) is 2.88. The van der Waals surface area contributed by atoms with Gasteiger partial charge in [-0.2, -0.15) is 0 Å². The number of pyridine rings is 1. The first-order valence-electron chi connectivity index (χ1n) is 5.59. The van der Waals surface area contributed by atoms with Crippen LogP contribution in [0, 0.1) is 12.7 Å². The highest BCUT2D eigenvalue weighted by atomic mass is 79.9. The number of hydrogen-bond donors (Lipinski definition) is 2. The molecule has 0 saturated carbocycles. The Bertz CT molecular complexity index is 677. The van der Waals surface area contributed by atoms with Crippen molar-refractivity contribution in [1.29, 1.82) is 0 Å². The number of benzene rings is 1. The summed E-state index contributed by atoms with van der Waals surface area (Å²) in [5, 5.41) is 11.7. The molecule has 0 amide bonds. The topological polar surface area (TPSA) is 80.7 Å². The predicted molar refractivity (Wildman–Crippen MR) is 75.7 cm³/mol. The van der Waals surface area contributed by atoms with Crippen molar-refractivity contribution in [3.8, 4) is 11.6 Å². The molecule has 5 nitrogen and oxygen atoms in total. The normalized spacial score (nSPS) is 11.4. The maximum atomic E-state index is 13.5. The van der Waals surface area contributed by atoms with Crippen molar-refractivity contribution in [3.05, 3.63) is 51.9 Å². The van der Waals surface area contributed by atoms with Crippen molar-refractivity contribution < 1.29 is 14.3 Å². The minimum atomic E-state index is -0.458. The molecular weight excluding hydrogens is 329 g/mol. The summed E-state index contributed by atoms with van der Waals surface area (Å²) in [6.45, 7) is 1.77. The van der Waals surface area contributed by atoms with Gasteiger partial charge in [-0.1, -0.05) is 5.16 Å². The summed E-state index contributed by atoms with van der Waals surface area (Å²) >= 11 is 3.06. The molecule has 0 radical (unpaired) electrons. The van der Waals surface area contributed by atoms with Crippen LogP contribution in [0.4, 0.5) is 4.39 Å². The van der Waals surface area contributed by atoms with E-state index >= 15 is 0 Å². The fraction of sp³-hybridized carbons (Fsp3) is 0.0769. The molecule has 0 aliphatic carbocycles. The van der Waals surface area contributed by atoms with Crippen LogP contribution in [-0.4, -0.2) is 16.0 Å². The summed E-state index contributed by atoms with van der Waals surface area (Å²) in [5.41, 5.74) is 6.69. The van der Waals surface area contributed by atoms with E-state index in [1.54, 1.807) is 19.1 Å². The Kier molecular flexibility index (Phi) is 4.19. The standard InChI is InChI=1S/C13H11BrFN3O2/c1-7-4-5-17-13(11(7)12(16)18-19)20-8-2-3-9(14)10(15)6-8/h2-6,19H,1H3,(H2,16,18). The molecule has 0 aliphatic rings. The third-order valence-electron chi connectivity index (χ3n) is 2.59. The molecule has 2 aromatic rings. The minimum Gasteiger partial charge on any atom is -0.438 e. The van der Waals surface area contributed by atoms with Crippen molar-refractivity contribution in [2.45, 2.75) is 6.92 Å². The van der Waals surface area contributed by atoms with Crippen molar-refractivity contribution in [3.63, 3.8) is 0 Å². The summed E-state index contributed by atoms with van der Waals surface area (Å²) in [6, 6.07) is 6.00. The van der Waals surface area contributed by atoms with E-state index in [1.807, 2.05) is 0 Å². The molecule has 0 bridgehead atoms. The van der Waals surface area contributed by atoms with E-state index in [4.69, 9.17) is 15.7 Å². The van der Waals surface area contributed by atoms with Gasteiger partial charge in [0.05, 0.1) is 10.0 Å².